The number of hydrogen-bond acceptors (Lipinski definition) is 3. The predicted octanol–water partition coefficient (Wildman–Crippen LogP) is 1.16. The second-order valence-electron chi connectivity index (χ2n) is 6.04. The van der Waals surface area contributed by atoms with Crippen molar-refractivity contribution in [2.45, 2.75) is 31.7 Å². The van der Waals surface area contributed by atoms with Gasteiger partial charge in [0.1, 0.15) is 12.6 Å². The van der Waals surface area contributed by atoms with Gasteiger partial charge < -0.3 is 10.2 Å². The summed E-state index contributed by atoms with van der Waals surface area (Å²) in [6.07, 6.45) is 3.24. The van der Waals surface area contributed by atoms with E-state index in [1.807, 2.05) is 30.3 Å². The van der Waals surface area contributed by atoms with Gasteiger partial charge in [-0.05, 0) is 31.2 Å². The Morgan fingerprint density at radius 2 is 1.83 bits per heavy atom. The fourth-order valence-electron chi connectivity index (χ4n) is 3.08. The molecule has 2 aliphatic rings. The number of aryl methyl sites for hydroxylation is 1. The third kappa shape index (κ3) is 3.52. The van der Waals surface area contributed by atoms with Crippen LogP contribution in [0.2, 0.25) is 0 Å². The Kier molecular flexibility index (Phi) is 4.60. The first kappa shape index (κ1) is 15.5. The molecule has 0 saturated carbocycles. The first-order valence-corrected chi connectivity index (χ1v) is 8.09. The van der Waals surface area contributed by atoms with E-state index in [0.717, 1.165) is 36.4 Å². The summed E-state index contributed by atoms with van der Waals surface area (Å²) in [5, 5.41) is 2.69. The zero-order valence-electron chi connectivity index (χ0n) is 13.0. The maximum Gasteiger partial charge on any atom is 0.325 e. The molecule has 0 unspecified atom stereocenters. The normalized spacial score (nSPS) is 21.0. The SMILES string of the molecule is O=C(CN1C(=O)N[C@H](CCc2ccccc2)C1=O)N1CCCC1. The van der Waals surface area contributed by atoms with Gasteiger partial charge in [-0.15, -0.1) is 0 Å². The Balaban J connectivity index is 1.55. The lowest BCUT2D eigenvalue weighted by Gasteiger charge is -2.19. The van der Waals surface area contributed by atoms with Crippen LogP contribution in [-0.2, 0) is 16.0 Å². The van der Waals surface area contributed by atoms with Crippen molar-refractivity contribution in [3.05, 3.63) is 35.9 Å². The van der Waals surface area contributed by atoms with Gasteiger partial charge in [0, 0.05) is 13.1 Å². The van der Waals surface area contributed by atoms with Crippen LogP contribution in [0.5, 0.6) is 0 Å². The molecule has 0 aromatic heterocycles. The molecule has 0 bridgehead atoms. The van der Waals surface area contributed by atoms with Crippen molar-refractivity contribution in [3.63, 3.8) is 0 Å². The van der Waals surface area contributed by atoms with Crippen molar-refractivity contribution in [2.24, 2.45) is 0 Å². The molecule has 2 fully saturated rings. The summed E-state index contributed by atoms with van der Waals surface area (Å²) in [5.41, 5.74) is 1.13. The van der Waals surface area contributed by atoms with Gasteiger partial charge in [-0.1, -0.05) is 30.3 Å². The molecular formula is C17H21N3O3. The minimum absolute atomic E-state index is 0.144. The summed E-state index contributed by atoms with van der Waals surface area (Å²) >= 11 is 0. The van der Waals surface area contributed by atoms with E-state index in [1.54, 1.807) is 4.90 Å². The van der Waals surface area contributed by atoms with Gasteiger partial charge in [0.15, 0.2) is 0 Å². The second-order valence-corrected chi connectivity index (χ2v) is 6.04. The van der Waals surface area contributed by atoms with Crippen LogP contribution in [0, 0.1) is 0 Å². The van der Waals surface area contributed by atoms with Crippen LogP contribution in [0.4, 0.5) is 4.79 Å². The Hall–Kier alpha value is -2.37. The molecule has 2 heterocycles. The van der Waals surface area contributed by atoms with Gasteiger partial charge in [-0.25, -0.2) is 4.79 Å². The molecule has 122 valence electrons. The minimum atomic E-state index is -0.533. The van der Waals surface area contributed by atoms with E-state index >= 15 is 0 Å². The third-order valence-corrected chi connectivity index (χ3v) is 4.42. The molecule has 1 atom stereocenters. The fourth-order valence-corrected chi connectivity index (χ4v) is 3.08. The maximum atomic E-state index is 12.4. The van der Waals surface area contributed by atoms with E-state index in [4.69, 9.17) is 0 Å². The largest absolute Gasteiger partial charge is 0.341 e. The average Bonchev–Trinajstić information content (AvgIpc) is 3.18. The number of benzene rings is 1. The number of likely N-dealkylation sites (tertiary alicyclic amines) is 1. The zero-order chi connectivity index (χ0) is 16.2. The van der Waals surface area contributed by atoms with Gasteiger partial charge in [0.25, 0.3) is 5.91 Å². The molecule has 2 saturated heterocycles. The minimum Gasteiger partial charge on any atom is -0.341 e. The number of carbonyl (C=O) groups excluding carboxylic acids is 3. The predicted molar refractivity (Wildman–Crippen MR) is 84.6 cm³/mol. The lowest BCUT2D eigenvalue weighted by atomic mass is 10.1. The van der Waals surface area contributed by atoms with Crippen LogP contribution in [-0.4, -0.2) is 53.3 Å². The quantitative estimate of drug-likeness (QED) is 0.829. The van der Waals surface area contributed by atoms with E-state index in [1.165, 1.54) is 0 Å². The fraction of sp³-hybridized carbons (Fsp3) is 0.471. The van der Waals surface area contributed by atoms with Crippen molar-refractivity contribution in [1.82, 2.24) is 15.1 Å². The Labute approximate surface area is 135 Å². The van der Waals surface area contributed by atoms with E-state index in [-0.39, 0.29) is 18.4 Å². The first-order valence-electron chi connectivity index (χ1n) is 8.09. The maximum absolute atomic E-state index is 12.4. The standard InChI is InChI=1S/C17H21N3O3/c21-15(19-10-4-5-11-19)12-20-16(22)14(18-17(20)23)9-8-13-6-2-1-3-7-13/h1-3,6-7,14H,4-5,8-12H2,(H,18,23)/t14-/m1/s1. The van der Waals surface area contributed by atoms with Crippen LogP contribution < -0.4 is 5.32 Å². The van der Waals surface area contributed by atoms with Crippen LogP contribution >= 0.6 is 0 Å². The molecule has 1 aromatic rings. The van der Waals surface area contributed by atoms with Gasteiger partial charge in [-0.3, -0.25) is 14.5 Å². The van der Waals surface area contributed by atoms with Crippen LogP contribution in [0.1, 0.15) is 24.8 Å². The van der Waals surface area contributed by atoms with Crippen LogP contribution in [0.25, 0.3) is 0 Å². The average molecular weight is 315 g/mol. The molecule has 3 rings (SSSR count). The Bertz CT molecular complexity index is 596. The molecule has 0 radical (unpaired) electrons. The van der Waals surface area contributed by atoms with Gasteiger partial charge >= 0.3 is 6.03 Å². The number of nitrogens with one attached hydrogen (secondary N) is 1. The van der Waals surface area contributed by atoms with E-state index in [2.05, 4.69) is 5.32 Å². The van der Waals surface area contributed by atoms with Crippen molar-refractivity contribution in [1.29, 1.82) is 0 Å². The molecule has 0 spiro atoms. The number of carbonyl (C=O) groups is 3. The van der Waals surface area contributed by atoms with E-state index < -0.39 is 12.1 Å². The van der Waals surface area contributed by atoms with Gasteiger partial charge in [0.05, 0.1) is 0 Å². The summed E-state index contributed by atoms with van der Waals surface area (Å²) < 4.78 is 0. The highest BCUT2D eigenvalue weighted by molar-refractivity contribution is 6.06. The molecular weight excluding hydrogens is 294 g/mol. The summed E-state index contributed by atoms with van der Waals surface area (Å²) in [4.78, 5) is 39.2. The molecule has 2 aliphatic heterocycles. The monoisotopic (exact) mass is 315 g/mol. The molecule has 0 aliphatic carbocycles. The van der Waals surface area contributed by atoms with Gasteiger partial charge in [0.2, 0.25) is 5.91 Å². The molecule has 4 amide bonds. The topological polar surface area (TPSA) is 69.7 Å². The number of rotatable bonds is 5. The Morgan fingerprint density at radius 1 is 1.13 bits per heavy atom. The summed E-state index contributed by atoms with van der Waals surface area (Å²) in [6.45, 7) is 1.30. The zero-order valence-corrected chi connectivity index (χ0v) is 13.0. The molecule has 6 nitrogen and oxygen atoms in total. The van der Waals surface area contributed by atoms with Crippen LogP contribution in [0.3, 0.4) is 0 Å². The summed E-state index contributed by atoms with van der Waals surface area (Å²) in [5.74, 6) is -0.437. The summed E-state index contributed by atoms with van der Waals surface area (Å²) in [7, 11) is 0. The Morgan fingerprint density at radius 3 is 2.52 bits per heavy atom. The molecule has 1 N–H and O–H groups in total. The van der Waals surface area contributed by atoms with Crippen LogP contribution in [0.15, 0.2) is 30.3 Å². The number of nitrogens with zero attached hydrogens (tertiary/aromatic N) is 2. The lowest BCUT2D eigenvalue weighted by molar-refractivity contribution is -0.136. The van der Waals surface area contributed by atoms with E-state index in [0.29, 0.717) is 12.8 Å². The van der Waals surface area contributed by atoms with E-state index in [9.17, 15) is 14.4 Å². The molecule has 1 aromatic carbocycles. The summed E-state index contributed by atoms with van der Waals surface area (Å²) in [6, 6.07) is 8.84. The third-order valence-electron chi connectivity index (χ3n) is 4.42. The number of amides is 4. The molecule has 23 heavy (non-hydrogen) atoms. The van der Waals surface area contributed by atoms with Crippen molar-refractivity contribution in [3.8, 4) is 0 Å². The van der Waals surface area contributed by atoms with Crippen molar-refractivity contribution >= 4 is 17.8 Å². The van der Waals surface area contributed by atoms with Crippen molar-refractivity contribution < 1.29 is 14.4 Å². The highest BCUT2D eigenvalue weighted by Crippen LogP contribution is 2.14. The number of urea groups is 1. The number of hydrogen-bond donors (Lipinski definition) is 1. The smallest absolute Gasteiger partial charge is 0.325 e. The second kappa shape index (κ2) is 6.81. The van der Waals surface area contributed by atoms with Gasteiger partial charge in [-0.2, -0.15) is 0 Å². The highest BCUT2D eigenvalue weighted by Gasteiger charge is 2.39. The highest BCUT2D eigenvalue weighted by atomic mass is 16.2. The lowest BCUT2D eigenvalue weighted by Crippen LogP contribution is -2.42. The molecule has 6 heteroatoms. The number of imide groups is 1. The first-order chi connectivity index (χ1) is 11.1. The van der Waals surface area contributed by atoms with Crippen molar-refractivity contribution in [2.75, 3.05) is 19.6 Å².